The number of anilines is 2. The molecule has 2 aromatic carbocycles. The number of rotatable bonds is 7. The van der Waals surface area contributed by atoms with Crippen LogP contribution in [0.2, 0.25) is 5.02 Å². The maximum atomic E-state index is 13.2. The van der Waals surface area contributed by atoms with E-state index in [-0.39, 0.29) is 29.2 Å². The molecule has 0 radical (unpaired) electrons. The van der Waals surface area contributed by atoms with Gasteiger partial charge in [-0.3, -0.25) is 4.79 Å². The topological polar surface area (TPSA) is 77.1 Å². The zero-order chi connectivity index (χ0) is 25.8. The number of ether oxygens (including phenoxy) is 3. The first-order chi connectivity index (χ1) is 16.4. The lowest BCUT2D eigenvalue weighted by molar-refractivity contribution is -0.158. The molecular weight excluding hydrogens is 489 g/mol. The van der Waals surface area contributed by atoms with Gasteiger partial charge in [-0.1, -0.05) is 11.6 Å². The van der Waals surface area contributed by atoms with E-state index in [4.69, 9.17) is 25.8 Å². The molecular formula is C24H26ClF3N2O5. The predicted octanol–water partition coefficient (Wildman–Crippen LogP) is 5.08. The fourth-order valence-electron chi connectivity index (χ4n) is 3.79. The number of carbonyl (C=O) groups excluding carboxylic acids is 2. The van der Waals surface area contributed by atoms with Gasteiger partial charge in [0, 0.05) is 23.8 Å². The first-order valence-electron chi connectivity index (χ1n) is 10.9. The van der Waals surface area contributed by atoms with Crippen LogP contribution in [0.4, 0.5) is 24.5 Å². The number of esters is 1. The third-order valence-electron chi connectivity index (χ3n) is 5.25. The highest BCUT2D eigenvalue weighted by Crippen LogP contribution is 2.29. The molecule has 3 rings (SSSR count). The Kier molecular flexibility index (Phi) is 8.50. The maximum absolute atomic E-state index is 13.2. The summed E-state index contributed by atoms with van der Waals surface area (Å²) in [6.45, 7) is 5.03. The summed E-state index contributed by atoms with van der Waals surface area (Å²) in [6, 6.07) is 10.2. The molecule has 7 nitrogen and oxygen atoms in total. The molecule has 1 N–H and O–H groups in total. The van der Waals surface area contributed by atoms with E-state index >= 15 is 0 Å². The van der Waals surface area contributed by atoms with E-state index < -0.39 is 30.6 Å². The molecule has 1 unspecified atom stereocenters. The lowest BCUT2D eigenvalue weighted by Crippen LogP contribution is -2.45. The van der Waals surface area contributed by atoms with Crippen molar-refractivity contribution in [1.29, 1.82) is 0 Å². The van der Waals surface area contributed by atoms with E-state index in [9.17, 15) is 22.8 Å². The number of methoxy groups -OCH3 is 1. The third kappa shape index (κ3) is 7.50. The summed E-state index contributed by atoms with van der Waals surface area (Å²) in [5.74, 6) is -1.77. The van der Waals surface area contributed by atoms with Gasteiger partial charge in [0.1, 0.15) is 5.75 Å². The van der Waals surface area contributed by atoms with Crippen LogP contribution in [0.3, 0.4) is 0 Å². The molecule has 0 spiro atoms. The molecule has 0 aromatic heterocycles. The standard InChI is InChI=1S/C24H26ClF3N2O5/c1-14-12-30(13-15(2)34-14)17-6-9-20(19(10-17)23(32)33-3)29-22(31)21(11-24(26,27)28)35-18-7-4-16(25)5-8-18/h4-10,14-15,21H,11-13H2,1-3H3,(H,29,31)/t14-,15?,21-/m0/s1. The van der Waals surface area contributed by atoms with Crippen LogP contribution < -0.4 is 15.0 Å². The highest BCUT2D eigenvalue weighted by atomic mass is 35.5. The van der Waals surface area contributed by atoms with Crippen LogP contribution >= 0.6 is 11.6 Å². The Labute approximate surface area is 206 Å². The number of morpholine rings is 1. The van der Waals surface area contributed by atoms with E-state index in [1.54, 1.807) is 6.07 Å². The lowest BCUT2D eigenvalue weighted by atomic mass is 10.1. The number of halogens is 4. The second-order valence-corrected chi connectivity index (χ2v) is 8.69. The van der Waals surface area contributed by atoms with Gasteiger partial charge in [0.05, 0.1) is 37.0 Å². The first-order valence-corrected chi connectivity index (χ1v) is 11.3. The number of hydrogen-bond acceptors (Lipinski definition) is 6. The summed E-state index contributed by atoms with van der Waals surface area (Å²) in [5, 5.41) is 2.76. The summed E-state index contributed by atoms with van der Waals surface area (Å²) < 4.78 is 55.4. The normalized spacial score (nSPS) is 19.1. The number of alkyl halides is 3. The summed E-state index contributed by atoms with van der Waals surface area (Å²) in [4.78, 5) is 27.3. The number of nitrogens with one attached hydrogen (secondary N) is 1. The van der Waals surface area contributed by atoms with E-state index in [0.717, 1.165) is 0 Å². The molecule has 3 atom stereocenters. The monoisotopic (exact) mass is 514 g/mol. The van der Waals surface area contributed by atoms with Crippen LogP contribution in [0, 0.1) is 0 Å². The van der Waals surface area contributed by atoms with Gasteiger partial charge < -0.3 is 24.4 Å². The molecule has 1 aliphatic rings. The van der Waals surface area contributed by atoms with Gasteiger partial charge in [-0.2, -0.15) is 13.2 Å². The average molecular weight is 515 g/mol. The molecule has 11 heteroatoms. The third-order valence-corrected chi connectivity index (χ3v) is 5.50. The second-order valence-electron chi connectivity index (χ2n) is 8.25. The van der Waals surface area contributed by atoms with Crippen molar-refractivity contribution in [3.63, 3.8) is 0 Å². The molecule has 35 heavy (non-hydrogen) atoms. The first kappa shape index (κ1) is 26.6. The zero-order valence-corrected chi connectivity index (χ0v) is 20.2. The fourth-order valence-corrected chi connectivity index (χ4v) is 3.92. The van der Waals surface area contributed by atoms with Crippen LogP contribution in [0.1, 0.15) is 30.6 Å². The SMILES string of the molecule is COC(=O)c1cc(N2CC(C)O[C@@H](C)C2)ccc1NC(=O)[C@H](CC(F)(F)F)Oc1ccc(Cl)cc1. The van der Waals surface area contributed by atoms with Gasteiger partial charge >= 0.3 is 12.1 Å². The van der Waals surface area contributed by atoms with Crippen molar-refractivity contribution in [2.24, 2.45) is 0 Å². The molecule has 2 aromatic rings. The van der Waals surface area contributed by atoms with Gasteiger partial charge in [0.15, 0.2) is 6.10 Å². The molecule has 1 heterocycles. The number of nitrogens with zero attached hydrogens (tertiary/aromatic N) is 1. The molecule has 0 saturated carbocycles. The molecule has 190 valence electrons. The molecule has 1 saturated heterocycles. The Bertz CT molecular complexity index is 1040. The largest absolute Gasteiger partial charge is 0.480 e. The number of amides is 1. The van der Waals surface area contributed by atoms with Crippen molar-refractivity contribution >= 4 is 34.9 Å². The summed E-state index contributed by atoms with van der Waals surface area (Å²) >= 11 is 5.80. The zero-order valence-electron chi connectivity index (χ0n) is 19.4. The quantitative estimate of drug-likeness (QED) is 0.519. The summed E-state index contributed by atoms with van der Waals surface area (Å²) in [5.41, 5.74) is 0.698. The molecule has 0 bridgehead atoms. The Morgan fingerprint density at radius 2 is 1.77 bits per heavy atom. The van der Waals surface area contributed by atoms with Gasteiger partial charge in [0.2, 0.25) is 0 Å². The van der Waals surface area contributed by atoms with Crippen molar-refractivity contribution in [2.45, 2.75) is 44.8 Å². The van der Waals surface area contributed by atoms with E-state index in [0.29, 0.717) is 23.8 Å². The van der Waals surface area contributed by atoms with Crippen molar-refractivity contribution in [3.8, 4) is 5.75 Å². The predicted molar refractivity (Wildman–Crippen MR) is 125 cm³/mol. The molecule has 1 aliphatic heterocycles. The van der Waals surface area contributed by atoms with Gasteiger partial charge in [-0.25, -0.2) is 4.79 Å². The van der Waals surface area contributed by atoms with E-state index in [1.165, 1.54) is 43.5 Å². The van der Waals surface area contributed by atoms with Crippen molar-refractivity contribution in [1.82, 2.24) is 0 Å². The minimum atomic E-state index is -4.67. The Morgan fingerprint density at radius 3 is 2.34 bits per heavy atom. The fraction of sp³-hybridized carbons (Fsp3) is 0.417. The summed E-state index contributed by atoms with van der Waals surface area (Å²) in [7, 11) is 1.18. The highest BCUT2D eigenvalue weighted by Gasteiger charge is 2.37. The van der Waals surface area contributed by atoms with Crippen LogP contribution in [0.15, 0.2) is 42.5 Å². The van der Waals surface area contributed by atoms with Crippen LogP contribution in [-0.2, 0) is 14.3 Å². The van der Waals surface area contributed by atoms with Crippen LogP contribution in [0.5, 0.6) is 5.75 Å². The van der Waals surface area contributed by atoms with Crippen LogP contribution in [0.25, 0.3) is 0 Å². The van der Waals surface area contributed by atoms with Crippen molar-refractivity contribution in [3.05, 3.63) is 53.1 Å². The lowest BCUT2D eigenvalue weighted by Gasteiger charge is -2.37. The number of benzene rings is 2. The average Bonchev–Trinajstić information content (AvgIpc) is 2.78. The number of hydrogen-bond donors (Lipinski definition) is 1. The van der Waals surface area contributed by atoms with Gasteiger partial charge in [-0.05, 0) is 56.3 Å². The van der Waals surface area contributed by atoms with E-state index in [1.807, 2.05) is 18.7 Å². The maximum Gasteiger partial charge on any atom is 0.393 e. The van der Waals surface area contributed by atoms with Crippen LogP contribution in [-0.4, -0.2) is 56.6 Å². The minimum absolute atomic E-state index is 0.00222. The van der Waals surface area contributed by atoms with Crippen molar-refractivity contribution < 1.29 is 37.0 Å². The molecule has 1 fully saturated rings. The Balaban J connectivity index is 1.86. The Hall–Kier alpha value is -2.98. The minimum Gasteiger partial charge on any atom is -0.480 e. The second kappa shape index (κ2) is 11.2. The van der Waals surface area contributed by atoms with Crippen molar-refractivity contribution in [2.75, 3.05) is 30.4 Å². The molecule has 1 amide bonds. The van der Waals surface area contributed by atoms with E-state index in [2.05, 4.69) is 5.32 Å². The molecule has 0 aliphatic carbocycles. The van der Waals surface area contributed by atoms with Gasteiger partial charge in [-0.15, -0.1) is 0 Å². The smallest absolute Gasteiger partial charge is 0.393 e. The van der Waals surface area contributed by atoms with Gasteiger partial charge in [0.25, 0.3) is 5.91 Å². The number of carbonyl (C=O) groups is 2. The summed E-state index contributed by atoms with van der Waals surface area (Å²) in [6.07, 6.45) is -8.17. The Morgan fingerprint density at radius 1 is 1.14 bits per heavy atom. The highest BCUT2D eigenvalue weighted by molar-refractivity contribution is 6.30.